The average molecular weight is 327 g/mol. The number of rotatable bonds is 6. The van der Waals surface area contributed by atoms with Crippen LogP contribution in [0.25, 0.3) is 0 Å². The first-order valence-electron chi connectivity index (χ1n) is 7.97. The van der Waals surface area contributed by atoms with E-state index in [2.05, 4.69) is 39.7 Å². The van der Waals surface area contributed by atoms with Crippen molar-refractivity contribution in [2.45, 2.75) is 20.8 Å². The number of hydrogen-bond donors (Lipinski definition) is 2. The molecular formula is C18H25N5O. The predicted molar refractivity (Wildman–Crippen MR) is 96.9 cm³/mol. The van der Waals surface area contributed by atoms with Gasteiger partial charge in [0.15, 0.2) is 0 Å². The SMILES string of the molecule is Cc1cc(C)c(Nc2nccc(C(=O)NCCN(C)C)n2)c(C)c1. The Morgan fingerprint density at radius 3 is 2.46 bits per heavy atom. The van der Waals surface area contributed by atoms with Crippen molar-refractivity contribution in [2.24, 2.45) is 0 Å². The fourth-order valence-corrected chi connectivity index (χ4v) is 2.52. The molecule has 0 saturated heterocycles. The number of likely N-dealkylation sites (N-methyl/N-ethyl adjacent to an activating group) is 1. The minimum absolute atomic E-state index is 0.195. The van der Waals surface area contributed by atoms with Crippen LogP contribution in [-0.2, 0) is 0 Å². The van der Waals surface area contributed by atoms with Gasteiger partial charge in [-0.05, 0) is 52.1 Å². The number of nitrogens with zero attached hydrogens (tertiary/aromatic N) is 3. The van der Waals surface area contributed by atoms with Gasteiger partial charge in [-0.1, -0.05) is 17.7 Å². The molecule has 0 atom stereocenters. The highest BCUT2D eigenvalue weighted by molar-refractivity contribution is 5.92. The third-order valence-corrected chi connectivity index (χ3v) is 3.65. The van der Waals surface area contributed by atoms with Crippen molar-refractivity contribution in [3.63, 3.8) is 0 Å². The van der Waals surface area contributed by atoms with E-state index in [0.29, 0.717) is 18.2 Å². The van der Waals surface area contributed by atoms with Gasteiger partial charge in [-0.2, -0.15) is 0 Å². The van der Waals surface area contributed by atoms with Crippen molar-refractivity contribution < 1.29 is 4.79 Å². The lowest BCUT2D eigenvalue weighted by Gasteiger charge is -2.13. The molecule has 0 aliphatic heterocycles. The molecule has 2 N–H and O–H groups in total. The van der Waals surface area contributed by atoms with Crippen LogP contribution in [0, 0.1) is 20.8 Å². The minimum Gasteiger partial charge on any atom is -0.349 e. The number of nitrogens with one attached hydrogen (secondary N) is 2. The van der Waals surface area contributed by atoms with E-state index in [1.54, 1.807) is 12.3 Å². The minimum atomic E-state index is -0.195. The number of amides is 1. The van der Waals surface area contributed by atoms with Gasteiger partial charge < -0.3 is 15.5 Å². The highest BCUT2D eigenvalue weighted by Gasteiger charge is 2.10. The molecule has 0 unspecified atom stereocenters. The molecule has 128 valence electrons. The van der Waals surface area contributed by atoms with Gasteiger partial charge in [-0.3, -0.25) is 4.79 Å². The summed E-state index contributed by atoms with van der Waals surface area (Å²) in [6.07, 6.45) is 1.59. The van der Waals surface area contributed by atoms with Gasteiger partial charge in [0.25, 0.3) is 5.91 Å². The van der Waals surface area contributed by atoms with E-state index in [1.165, 1.54) is 5.56 Å². The summed E-state index contributed by atoms with van der Waals surface area (Å²) in [5.41, 5.74) is 4.79. The number of aromatic nitrogens is 2. The first-order chi connectivity index (χ1) is 11.4. The smallest absolute Gasteiger partial charge is 0.270 e. The monoisotopic (exact) mass is 327 g/mol. The number of hydrogen-bond acceptors (Lipinski definition) is 5. The van der Waals surface area contributed by atoms with Crippen molar-refractivity contribution in [3.8, 4) is 0 Å². The van der Waals surface area contributed by atoms with Crippen LogP contribution in [0.3, 0.4) is 0 Å². The van der Waals surface area contributed by atoms with Crippen molar-refractivity contribution >= 4 is 17.5 Å². The molecule has 2 rings (SSSR count). The summed E-state index contributed by atoms with van der Waals surface area (Å²) < 4.78 is 0. The summed E-state index contributed by atoms with van der Waals surface area (Å²) in [7, 11) is 3.93. The highest BCUT2D eigenvalue weighted by atomic mass is 16.1. The van der Waals surface area contributed by atoms with E-state index < -0.39 is 0 Å². The van der Waals surface area contributed by atoms with Gasteiger partial charge >= 0.3 is 0 Å². The average Bonchev–Trinajstić information content (AvgIpc) is 2.50. The summed E-state index contributed by atoms with van der Waals surface area (Å²) in [6, 6.07) is 5.82. The summed E-state index contributed by atoms with van der Waals surface area (Å²) >= 11 is 0. The third kappa shape index (κ3) is 4.76. The lowest BCUT2D eigenvalue weighted by Crippen LogP contribution is -2.31. The van der Waals surface area contributed by atoms with Crippen LogP contribution in [0.1, 0.15) is 27.2 Å². The zero-order valence-corrected chi connectivity index (χ0v) is 15.0. The van der Waals surface area contributed by atoms with Crippen molar-refractivity contribution in [1.82, 2.24) is 20.2 Å². The quantitative estimate of drug-likeness (QED) is 0.853. The standard InChI is InChI=1S/C18H25N5O/c1-12-10-13(2)16(14(3)11-12)22-18-20-7-6-15(21-18)17(24)19-8-9-23(4)5/h6-7,10-11H,8-9H2,1-5H3,(H,19,24)(H,20,21,22). The molecule has 6 nitrogen and oxygen atoms in total. The summed E-state index contributed by atoms with van der Waals surface area (Å²) in [4.78, 5) is 22.7. The maximum absolute atomic E-state index is 12.2. The first-order valence-corrected chi connectivity index (χ1v) is 7.97. The highest BCUT2D eigenvalue weighted by Crippen LogP contribution is 2.24. The second kappa shape index (κ2) is 7.88. The van der Waals surface area contributed by atoms with Gasteiger partial charge in [0, 0.05) is 25.0 Å². The van der Waals surface area contributed by atoms with Crippen molar-refractivity contribution in [3.05, 3.63) is 46.8 Å². The Kier molecular flexibility index (Phi) is 5.87. The van der Waals surface area contributed by atoms with E-state index in [1.807, 2.05) is 32.8 Å². The Hall–Kier alpha value is -2.47. The number of anilines is 2. The Labute approximate surface area is 143 Å². The Balaban J connectivity index is 2.12. The maximum atomic E-state index is 12.2. The van der Waals surface area contributed by atoms with Crippen LogP contribution in [-0.4, -0.2) is 48.0 Å². The fraction of sp³-hybridized carbons (Fsp3) is 0.389. The molecule has 1 aromatic heterocycles. The fourth-order valence-electron chi connectivity index (χ4n) is 2.52. The molecule has 0 spiro atoms. The predicted octanol–water partition coefficient (Wildman–Crippen LogP) is 2.44. The molecule has 0 bridgehead atoms. The van der Waals surface area contributed by atoms with Crippen LogP contribution < -0.4 is 10.6 Å². The van der Waals surface area contributed by atoms with E-state index in [0.717, 1.165) is 23.4 Å². The molecule has 1 amide bonds. The molecule has 0 saturated carbocycles. The lowest BCUT2D eigenvalue weighted by atomic mass is 10.1. The zero-order chi connectivity index (χ0) is 17.7. The molecule has 0 aliphatic carbocycles. The van der Waals surface area contributed by atoms with E-state index in [-0.39, 0.29) is 5.91 Å². The molecule has 0 fully saturated rings. The zero-order valence-electron chi connectivity index (χ0n) is 15.0. The van der Waals surface area contributed by atoms with Crippen molar-refractivity contribution in [2.75, 3.05) is 32.5 Å². The van der Waals surface area contributed by atoms with Crippen LogP contribution in [0.5, 0.6) is 0 Å². The number of carbonyl (C=O) groups is 1. The second-order valence-electron chi connectivity index (χ2n) is 6.22. The Morgan fingerprint density at radius 2 is 1.83 bits per heavy atom. The Morgan fingerprint density at radius 1 is 1.17 bits per heavy atom. The normalized spacial score (nSPS) is 10.8. The number of carbonyl (C=O) groups excluding carboxylic acids is 1. The molecule has 1 heterocycles. The van der Waals surface area contributed by atoms with Crippen LogP contribution in [0.2, 0.25) is 0 Å². The molecular weight excluding hydrogens is 302 g/mol. The van der Waals surface area contributed by atoms with E-state index in [9.17, 15) is 4.79 Å². The molecule has 2 aromatic rings. The van der Waals surface area contributed by atoms with Crippen LogP contribution in [0.4, 0.5) is 11.6 Å². The van der Waals surface area contributed by atoms with Gasteiger partial charge in [-0.15, -0.1) is 0 Å². The molecule has 0 aliphatic rings. The summed E-state index contributed by atoms with van der Waals surface area (Å²) in [5.74, 6) is 0.227. The topological polar surface area (TPSA) is 70.2 Å². The lowest BCUT2D eigenvalue weighted by molar-refractivity contribution is 0.0946. The summed E-state index contributed by atoms with van der Waals surface area (Å²) in [6.45, 7) is 7.51. The molecule has 0 radical (unpaired) electrons. The van der Waals surface area contributed by atoms with E-state index in [4.69, 9.17) is 0 Å². The van der Waals surface area contributed by atoms with Gasteiger partial charge in [0.2, 0.25) is 5.95 Å². The molecule has 24 heavy (non-hydrogen) atoms. The summed E-state index contributed by atoms with van der Waals surface area (Å²) in [5, 5.41) is 6.08. The number of benzene rings is 1. The molecule has 6 heteroatoms. The van der Waals surface area contributed by atoms with E-state index >= 15 is 0 Å². The van der Waals surface area contributed by atoms with Gasteiger partial charge in [0.05, 0.1) is 0 Å². The second-order valence-corrected chi connectivity index (χ2v) is 6.22. The largest absolute Gasteiger partial charge is 0.349 e. The first kappa shape index (κ1) is 17.9. The van der Waals surface area contributed by atoms with Gasteiger partial charge in [-0.25, -0.2) is 9.97 Å². The maximum Gasteiger partial charge on any atom is 0.270 e. The Bertz CT molecular complexity index is 704. The van der Waals surface area contributed by atoms with Gasteiger partial charge in [0.1, 0.15) is 5.69 Å². The van der Waals surface area contributed by atoms with Crippen molar-refractivity contribution in [1.29, 1.82) is 0 Å². The number of aryl methyl sites for hydroxylation is 3. The van der Waals surface area contributed by atoms with Crippen LogP contribution >= 0.6 is 0 Å². The van der Waals surface area contributed by atoms with Crippen LogP contribution in [0.15, 0.2) is 24.4 Å². The molecule has 1 aromatic carbocycles. The third-order valence-electron chi connectivity index (χ3n) is 3.65.